The molecule has 22 heavy (non-hydrogen) atoms. The van der Waals surface area contributed by atoms with Gasteiger partial charge in [0.25, 0.3) is 0 Å². The zero-order valence-corrected chi connectivity index (χ0v) is 14.1. The average Bonchev–Trinajstić information content (AvgIpc) is 2.46. The summed E-state index contributed by atoms with van der Waals surface area (Å²) < 4.78 is 5.36. The Bertz CT molecular complexity index is 392. The summed E-state index contributed by atoms with van der Waals surface area (Å²) in [6.45, 7) is 7.78. The summed E-state index contributed by atoms with van der Waals surface area (Å²) >= 11 is 0. The first-order chi connectivity index (χ1) is 10.3. The number of rotatable bonds is 1. The summed E-state index contributed by atoms with van der Waals surface area (Å²) in [6.07, 6.45) is 5.57. The lowest BCUT2D eigenvalue weighted by Gasteiger charge is -2.36. The Morgan fingerprint density at radius 1 is 0.955 bits per heavy atom. The third-order valence-electron chi connectivity index (χ3n) is 4.15. The van der Waals surface area contributed by atoms with Crippen LogP contribution in [0.4, 0.5) is 9.59 Å². The fourth-order valence-corrected chi connectivity index (χ4v) is 2.93. The van der Waals surface area contributed by atoms with E-state index in [2.05, 4.69) is 5.32 Å². The van der Waals surface area contributed by atoms with Crippen LogP contribution in [-0.4, -0.2) is 59.7 Å². The van der Waals surface area contributed by atoms with E-state index in [0.29, 0.717) is 32.2 Å². The molecule has 0 bridgehead atoms. The minimum absolute atomic E-state index is 0.00994. The lowest BCUT2D eigenvalue weighted by Crippen LogP contribution is -2.55. The molecule has 1 aliphatic heterocycles. The van der Waals surface area contributed by atoms with Crippen molar-refractivity contribution in [3.8, 4) is 0 Å². The maximum absolute atomic E-state index is 12.3. The second kappa shape index (κ2) is 7.20. The highest BCUT2D eigenvalue weighted by Crippen LogP contribution is 2.18. The maximum atomic E-state index is 12.3. The van der Waals surface area contributed by atoms with Gasteiger partial charge in [-0.3, -0.25) is 0 Å². The van der Waals surface area contributed by atoms with Gasteiger partial charge in [0, 0.05) is 32.2 Å². The van der Waals surface area contributed by atoms with E-state index in [1.165, 1.54) is 19.3 Å². The molecule has 3 amide bonds. The first kappa shape index (κ1) is 16.9. The van der Waals surface area contributed by atoms with Gasteiger partial charge in [-0.1, -0.05) is 19.3 Å². The standard InChI is InChI=1S/C16H29N3O3/c1-16(2,3)22-15(21)19-11-9-18(10-12-19)14(20)17-13-7-5-4-6-8-13/h13H,4-12H2,1-3H3,(H,17,20). The smallest absolute Gasteiger partial charge is 0.410 e. The third-order valence-corrected chi connectivity index (χ3v) is 4.15. The third kappa shape index (κ3) is 5.07. The van der Waals surface area contributed by atoms with E-state index < -0.39 is 5.60 Å². The van der Waals surface area contributed by atoms with E-state index in [0.717, 1.165) is 12.8 Å². The molecule has 0 radical (unpaired) electrons. The van der Waals surface area contributed by atoms with Crippen LogP contribution in [0.25, 0.3) is 0 Å². The van der Waals surface area contributed by atoms with Gasteiger partial charge < -0.3 is 19.9 Å². The highest BCUT2D eigenvalue weighted by Gasteiger charge is 2.28. The van der Waals surface area contributed by atoms with Crippen LogP contribution in [0, 0.1) is 0 Å². The molecule has 1 saturated carbocycles. The number of carbonyl (C=O) groups excluding carboxylic acids is 2. The fourth-order valence-electron chi connectivity index (χ4n) is 2.93. The van der Waals surface area contributed by atoms with Crippen molar-refractivity contribution in [2.24, 2.45) is 0 Å². The largest absolute Gasteiger partial charge is 0.444 e. The molecule has 6 nitrogen and oxygen atoms in total. The Kier molecular flexibility index (Phi) is 5.53. The first-order valence-electron chi connectivity index (χ1n) is 8.38. The van der Waals surface area contributed by atoms with Crippen molar-refractivity contribution < 1.29 is 14.3 Å². The van der Waals surface area contributed by atoms with Crippen molar-refractivity contribution in [2.75, 3.05) is 26.2 Å². The number of amides is 3. The first-order valence-corrected chi connectivity index (χ1v) is 8.38. The molecule has 0 spiro atoms. The molecule has 2 aliphatic rings. The lowest BCUT2D eigenvalue weighted by atomic mass is 9.96. The predicted molar refractivity (Wildman–Crippen MR) is 84.8 cm³/mol. The van der Waals surface area contributed by atoms with E-state index in [4.69, 9.17) is 4.74 Å². The molecule has 0 aromatic rings. The Hall–Kier alpha value is -1.46. The topological polar surface area (TPSA) is 61.9 Å². The molecule has 6 heteroatoms. The van der Waals surface area contributed by atoms with Gasteiger partial charge in [-0.2, -0.15) is 0 Å². The van der Waals surface area contributed by atoms with E-state index in [1.54, 1.807) is 9.80 Å². The number of hydrogen-bond donors (Lipinski definition) is 1. The number of urea groups is 1. The second-order valence-electron chi connectivity index (χ2n) is 7.24. The number of piperazine rings is 1. The van der Waals surface area contributed by atoms with Crippen molar-refractivity contribution in [1.82, 2.24) is 15.1 Å². The molecule has 0 atom stereocenters. The van der Waals surface area contributed by atoms with Gasteiger partial charge in [0.1, 0.15) is 5.60 Å². The average molecular weight is 311 g/mol. The molecule has 1 heterocycles. The van der Waals surface area contributed by atoms with E-state index >= 15 is 0 Å². The quantitative estimate of drug-likeness (QED) is 0.809. The molecule has 1 aliphatic carbocycles. The van der Waals surface area contributed by atoms with E-state index in [9.17, 15) is 9.59 Å². The molecule has 0 aromatic heterocycles. The van der Waals surface area contributed by atoms with Gasteiger partial charge in [0.15, 0.2) is 0 Å². The summed E-state index contributed by atoms with van der Waals surface area (Å²) in [6, 6.07) is 0.334. The Morgan fingerprint density at radius 3 is 2.05 bits per heavy atom. The molecular formula is C16H29N3O3. The summed E-state index contributed by atoms with van der Waals surface area (Å²) in [5.74, 6) is 0. The summed E-state index contributed by atoms with van der Waals surface area (Å²) in [5, 5.41) is 3.12. The molecule has 126 valence electrons. The summed E-state index contributed by atoms with van der Waals surface area (Å²) in [4.78, 5) is 27.7. The zero-order chi connectivity index (χ0) is 16.2. The number of nitrogens with one attached hydrogen (secondary N) is 1. The van der Waals surface area contributed by atoms with Crippen LogP contribution in [-0.2, 0) is 4.74 Å². The van der Waals surface area contributed by atoms with Gasteiger partial charge in [0.05, 0.1) is 0 Å². The van der Waals surface area contributed by atoms with Crippen molar-refractivity contribution in [1.29, 1.82) is 0 Å². The molecule has 0 unspecified atom stereocenters. The highest BCUT2D eigenvalue weighted by molar-refractivity contribution is 5.75. The summed E-state index contributed by atoms with van der Waals surface area (Å²) in [7, 11) is 0. The predicted octanol–water partition coefficient (Wildman–Crippen LogP) is 2.58. The van der Waals surface area contributed by atoms with E-state index in [-0.39, 0.29) is 12.1 Å². The van der Waals surface area contributed by atoms with Crippen LogP contribution >= 0.6 is 0 Å². The van der Waals surface area contributed by atoms with Gasteiger partial charge in [0.2, 0.25) is 0 Å². The number of ether oxygens (including phenoxy) is 1. The fraction of sp³-hybridized carbons (Fsp3) is 0.875. The highest BCUT2D eigenvalue weighted by atomic mass is 16.6. The SMILES string of the molecule is CC(C)(C)OC(=O)N1CCN(C(=O)NC2CCCCC2)CC1. The zero-order valence-electron chi connectivity index (χ0n) is 14.1. The molecule has 1 N–H and O–H groups in total. The molecule has 1 saturated heterocycles. The molecular weight excluding hydrogens is 282 g/mol. The van der Waals surface area contributed by atoms with Gasteiger partial charge in [-0.15, -0.1) is 0 Å². The van der Waals surface area contributed by atoms with Crippen molar-refractivity contribution in [2.45, 2.75) is 64.5 Å². The van der Waals surface area contributed by atoms with Gasteiger partial charge in [-0.25, -0.2) is 9.59 Å². The molecule has 0 aromatic carbocycles. The number of hydrogen-bond acceptors (Lipinski definition) is 3. The van der Waals surface area contributed by atoms with Crippen LogP contribution in [0.1, 0.15) is 52.9 Å². The van der Waals surface area contributed by atoms with Crippen molar-refractivity contribution in [3.05, 3.63) is 0 Å². The minimum Gasteiger partial charge on any atom is -0.444 e. The van der Waals surface area contributed by atoms with Crippen LogP contribution in [0.2, 0.25) is 0 Å². The number of nitrogens with zero attached hydrogens (tertiary/aromatic N) is 2. The molecule has 2 rings (SSSR count). The second-order valence-corrected chi connectivity index (χ2v) is 7.24. The van der Waals surface area contributed by atoms with Crippen LogP contribution in [0.3, 0.4) is 0 Å². The summed E-state index contributed by atoms with van der Waals surface area (Å²) in [5.41, 5.74) is -0.480. The monoisotopic (exact) mass is 311 g/mol. The maximum Gasteiger partial charge on any atom is 0.410 e. The minimum atomic E-state index is -0.480. The Morgan fingerprint density at radius 2 is 1.50 bits per heavy atom. The van der Waals surface area contributed by atoms with Crippen LogP contribution < -0.4 is 5.32 Å². The lowest BCUT2D eigenvalue weighted by molar-refractivity contribution is 0.0169. The van der Waals surface area contributed by atoms with Gasteiger partial charge >= 0.3 is 12.1 Å². The number of carbonyl (C=O) groups is 2. The van der Waals surface area contributed by atoms with Crippen molar-refractivity contribution in [3.63, 3.8) is 0 Å². The Labute approximate surface area is 133 Å². The van der Waals surface area contributed by atoms with E-state index in [1.807, 2.05) is 20.8 Å². The Balaban J connectivity index is 1.74. The molecule has 2 fully saturated rings. The van der Waals surface area contributed by atoms with Crippen molar-refractivity contribution >= 4 is 12.1 Å². The van der Waals surface area contributed by atoms with Gasteiger partial charge in [-0.05, 0) is 33.6 Å². The normalized spacial score (nSPS) is 20.7. The van der Waals surface area contributed by atoms with Crippen LogP contribution in [0.5, 0.6) is 0 Å². The van der Waals surface area contributed by atoms with Crippen LogP contribution in [0.15, 0.2) is 0 Å².